The number of carbonyl (C=O) groups is 1. The average Bonchev–Trinajstić information content (AvgIpc) is 2.17. The van der Waals surface area contributed by atoms with Crippen LogP contribution in [0.1, 0.15) is 40.0 Å². The lowest BCUT2D eigenvalue weighted by Gasteiger charge is -2.39. The van der Waals surface area contributed by atoms with Crippen LogP contribution in [0.5, 0.6) is 0 Å². The summed E-state index contributed by atoms with van der Waals surface area (Å²) in [5.74, 6) is -0.699. The van der Waals surface area contributed by atoms with Crippen molar-refractivity contribution in [3.8, 4) is 0 Å². The van der Waals surface area contributed by atoms with Gasteiger partial charge >= 0.3 is 5.97 Å². The molecule has 1 fully saturated rings. The highest BCUT2D eigenvalue weighted by Crippen LogP contribution is 2.27. The summed E-state index contributed by atoms with van der Waals surface area (Å²) < 4.78 is 0. The largest absolute Gasteiger partial charge is 0.481 e. The lowest BCUT2D eigenvalue weighted by Crippen LogP contribution is -2.49. The number of hydrogen-bond donors (Lipinski definition) is 1. The Balaban J connectivity index is 2.62. The fourth-order valence-corrected chi connectivity index (χ4v) is 1.94. The topological polar surface area (TPSA) is 40.5 Å². The van der Waals surface area contributed by atoms with Gasteiger partial charge in [-0.25, -0.2) is 0 Å². The molecule has 1 saturated heterocycles. The van der Waals surface area contributed by atoms with Gasteiger partial charge in [0.1, 0.15) is 0 Å². The molecule has 1 rings (SSSR count). The number of piperidine rings is 1. The van der Waals surface area contributed by atoms with Crippen molar-refractivity contribution in [2.45, 2.75) is 46.1 Å². The summed E-state index contributed by atoms with van der Waals surface area (Å²) in [4.78, 5) is 13.4. The number of rotatable bonds is 3. The summed E-state index contributed by atoms with van der Waals surface area (Å²) in [5.41, 5.74) is -0.642. The van der Waals surface area contributed by atoms with Gasteiger partial charge in [0.2, 0.25) is 0 Å². The predicted molar refractivity (Wildman–Crippen MR) is 56.3 cm³/mol. The molecule has 1 aliphatic heterocycles. The van der Waals surface area contributed by atoms with Crippen molar-refractivity contribution in [3.05, 3.63) is 0 Å². The summed E-state index contributed by atoms with van der Waals surface area (Å²) in [5, 5.41) is 9.12. The number of carboxylic acid groups (broad SMARTS) is 1. The Hall–Kier alpha value is -0.570. The summed E-state index contributed by atoms with van der Waals surface area (Å²) in [6.07, 6.45) is 3.71. The highest BCUT2D eigenvalue weighted by Gasteiger charge is 2.37. The molecule has 1 aliphatic rings. The van der Waals surface area contributed by atoms with Crippen molar-refractivity contribution in [1.82, 2.24) is 4.90 Å². The van der Waals surface area contributed by atoms with Crippen LogP contribution in [-0.4, -0.2) is 35.1 Å². The van der Waals surface area contributed by atoms with Crippen LogP contribution >= 0.6 is 0 Å². The van der Waals surface area contributed by atoms with Crippen molar-refractivity contribution in [1.29, 1.82) is 0 Å². The molecule has 0 radical (unpaired) electrons. The molecule has 3 heteroatoms. The van der Waals surface area contributed by atoms with Crippen LogP contribution in [0, 0.1) is 5.41 Å². The summed E-state index contributed by atoms with van der Waals surface area (Å²) in [7, 11) is 0. The highest BCUT2D eigenvalue weighted by molar-refractivity contribution is 5.74. The first-order valence-electron chi connectivity index (χ1n) is 5.43. The van der Waals surface area contributed by atoms with E-state index in [0.29, 0.717) is 0 Å². The molecular weight excluding hydrogens is 178 g/mol. The molecule has 82 valence electrons. The lowest BCUT2D eigenvalue weighted by molar-refractivity contribution is -0.150. The standard InChI is InChI=1S/C11H21NO2/c1-9(11(2,3)10(13)14)12-7-5-4-6-8-12/h9H,4-8H2,1-3H3,(H,13,14). The van der Waals surface area contributed by atoms with Crippen LogP contribution in [0.4, 0.5) is 0 Å². The van der Waals surface area contributed by atoms with Crippen molar-refractivity contribution < 1.29 is 9.90 Å². The van der Waals surface area contributed by atoms with E-state index in [1.54, 1.807) is 0 Å². The van der Waals surface area contributed by atoms with Crippen LogP contribution in [0.2, 0.25) is 0 Å². The van der Waals surface area contributed by atoms with Crippen LogP contribution < -0.4 is 0 Å². The normalized spacial score (nSPS) is 21.9. The minimum atomic E-state index is -0.699. The molecule has 1 unspecified atom stereocenters. The zero-order valence-electron chi connectivity index (χ0n) is 9.42. The van der Waals surface area contributed by atoms with Gasteiger partial charge in [0.25, 0.3) is 0 Å². The maximum absolute atomic E-state index is 11.1. The SMILES string of the molecule is CC(N1CCCCC1)C(C)(C)C(=O)O. The van der Waals surface area contributed by atoms with E-state index >= 15 is 0 Å². The first kappa shape index (κ1) is 11.5. The predicted octanol–water partition coefficient (Wildman–Crippen LogP) is 1.97. The zero-order chi connectivity index (χ0) is 10.8. The average molecular weight is 199 g/mol. The Morgan fingerprint density at radius 3 is 2.21 bits per heavy atom. The van der Waals surface area contributed by atoms with Gasteiger partial charge < -0.3 is 5.11 Å². The Bertz CT molecular complexity index is 207. The number of carboxylic acids is 1. The van der Waals surface area contributed by atoms with Gasteiger partial charge in [0, 0.05) is 6.04 Å². The van der Waals surface area contributed by atoms with Gasteiger partial charge in [-0.15, -0.1) is 0 Å². The second-order valence-electron chi connectivity index (χ2n) is 4.80. The second kappa shape index (κ2) is 4.30. The molecule has 14 heavy (non-hydrogen) atoms. The van der Waals surface area contributed by atoms with Gasteiger partial charge in [0.05, 0.1) is 5.41 Å². The fourth-order valence-electron chi connectivity index (χ4n) is 1.94. The van der Waals surface area contributed by atoms with Gasteiger partial charge in [-0.05, 0) is 46.7 Å². The zero-order valence-corrected chi connectivity index (χ0v) is 9.42. The molecule has 0 aliphatic carbocycles. The Kier molecular flexibility index (Phi) is 3.53. The smallest absolute Gasteiger partial charge is 0.310 e. The van der Waals surface area contributed by atoms with Crippen molar-refractivity contribution >= 4 is 5.97 Å². The maximum atomic E-state index is 11.1. The van der Waals surface area contributed by atoms with Crippen molar-refractivity contribution in [2.24, 2.45) is 5.41 Å². The first-order chi connectivity index (χ1) is 6.46. The van der Waals surface area contributed by atoms with E-state index in [1.165, 1.54) is 19.3 Å². The Morgan fingerprint density at radius 2 is 1.79 bits per heavy atom. The number of nitrogens with zero attached hydrogens (tertiary/aromatic N) is 1. The summed E-state index contributed by atoms with van der Waals surface area (Å²) in [6.45, 7) is 7.76. The molecule has 1 N–H and O–H groups in total. The van der Waals surface area contributed by atoms with Gasteiger partial charge in [0.15, 0.2) is 0 Å². The third-order valence-corrected chi connectivity index (χ3v) is 3.53. The second-order valence-corrected chi connectivity index (χ2v) is 4.80. The van der Waals surface area contributed by atoms with Gasteiger partial charge in [-0.1, -0.05) is 6.42 Å². The molecular formula is C11H21NO2. The van der Waals surface area contributed by atoms with E-state index in [9.17, 15) is 4.79 Å². The van der Waals surface area contributed by atoms with Crippen LogP contribution in [0.25, 0.3) is 0 Å². The monoisotopic (exact) mass is 199 g/mol. The quantitative estimate of drug-likeness (QED) is 0.755. The van der Waals surface area contributed by atoms with Crippen molar-refractivity contribution in [3.63, 3.8) is 0 Å². The minimum absolute atomic E-state index is 0.125. The van der Waals surface area contributed by atoms with Crippen molar-refractivity contribution in [2.75, 3.05) is 13.1 Å². The third kappa shape index (κ3) is 2.27. The summed E-state index contributed by atoms with van der Waals surface area (Å²) in [6, 6.07) is 0.125. The molecule has 0 saturated carbocycles. The molecule has 0 spiro atoms. The lowest BCUT2D eigenvalue weighted by atomic mass is 9.84. The summed E-state index contributed by atoms with van der Waals surface area (Å²) >= 11 is 0. The molecule has 0 aromatic carbocycles. The molecule has 0 aromatic rings. The first-order valence-corrected chi connectivity index (χ1v) is 5.43. The highest BCUT2D eigenvalue weighted by atomic mass is 16.4. The van der Waals surface area contributed by atoms with E-state index in [1.807, 2.05) is 20.8 Å². The van der Waals surface area contributed by atoms with E-state index in [-0.39, 0.29) is 6.04 Å². The molecule has 0 aromatic heterocycles. The van der Waals surface area contributed by atoms with Gasteiger partial charge in [-0.3, -0.25) is 9.69 Å². The van der Waals surface area contributed by atoms with E-state index in [4.69, 9.17) is 5.11 Å². The maximum Gasteiger partial charge on any atom is 0.310 e. The van der Waals surface area contributed by atoms with E-state index in [2.05, 4.69) is 4.90 Å². The van der Waals surface area contributed by atoms with Gasteiger partial charge in [-0.2, -0.15) is 0 Å². The molecule has 3 nitrogen and oxygen atoms in total. The minimum Gasteiger partial charge on any atom is -0.481 e. The fraction of sp³-hybridized carbons (Fsp3) is 0.909. The van der Waals surface area contributed by atoms with Crippen LogP contribution in [0.3, 0.4) is 0 Å². The number of aliphatic carboxylic acids is 1. The number of hydrogen-bond acceptors (Lipinski definition) is 2. The van der Waals surface area contributed by atoms with Crippen LogP contribution in [-0.2, 0) is 4.79 Å². The molecule has 1 heterocycles. The molecule has 1 atom stereocenters. The van der Waals surface area contributed by atoms with E-state index in [0.717, 1.165) is 13.1 Å². The molecule has 0 amide bonds. The molecule has 0 bridgehead atoms. The number of likely N-dealkylation sites (tertiary alicyclic amines) is 1. The third-order valence-electron chi connectivity index (χ3n) is 3.53. The van der Waals surface area contributed by atoms with Crippen LogP contribution in [0.15, 0.2) is 0 Å². The Morgan fingerprint density at radius 1 is 1.29 bits per heavy atom. The van der Waals surface area contributed by atoms with E-state index < -0.39 is 11.4 Å². The Labute approximate surface area is 86.1 Å².